The number of nitrogens with one attached hydrogen (secondary N) is 1. The van der Waals surface area contributed by atoms with Crippen molar-refractivity contribution in [2.75, 3.05) is 26.2 Å². The average Bonchev–Trinajstić information content (AvgIpc) is 3.34. The third-order valence-electron chi connectivity index (χ3n) is 6.25. The number of rotatable bonds is 6. The number of ketones is 1. The zero-order chi connectivity index (χ0) is 20.4. The summed E-state index contributed by atoms with van der Waals surface area (Å²) < 4.78 is 5.77. The Morgan fingerprint density at radius 3 is 2.59 bits per heavy atom. The van der Waals surface area contributed by atoms with Crippen LogP contribution in [0.4, 0.5) is 0 Å². The maximum absolute atomic E-state index is 13.1. The molecule has 5 heteroatoms. The van der Waals surface area contributed by atoms with Crippen LogP contribution in [0.3, 0.4) is 0 Å². The largest absolute Gasteiger partial charge is 0.484 e. The first-order chi connectivity index (χ1) is 14.1. The molecule has 2 aromatic rings. The molecule has 5 nitrogen and oxygen atoms in total. The molecule has 2 saturated heterocycles. The highest BCUT2D eigenvalue weighted by atomic mass is 16.5. The van der Waals surface area contributed by atoms with Crippen LogP contribution in [0.5, 0.6) is 5.75 Å². The van der Waals surface area contributed by atoms with E-state index in [-0.39, 0.29) is 24.3 Å². The molecule has 2 aliphatic rings. The second-order valence-corrected chi connectivity index (χ2v) is 8.02. The molecule has 152 valence electrons. The summed E-state index contributed by atoms with van der Waals surface area (Å²) in [7, 11) is 0. The lowest BCUT2D eigenvalue weighted by Gasteiger charge is -2.29. The summed E-state index contributed by atoms with van der Waals surface area (Å²) in [6, 6.07) is 15.5. The van der Waals surface area contributed by atoms with Gasteiger partial charge in [0.05, 0.1) is 6.04 Å². The molecule has 0 aromatic heterocycles. The fourth-order valence-corrected chi connectivity index (χ4v) is 4.66. The van der Waals surface area contributed by atoms with Crippen molar-refractivity contribution < 1.29 is 14.3 Å². The summed E-state index contributed by atoms with van der Waals surface area (Å²) in [5, 5.41) is 3.48. The van der Waals surface area contributed by atoms with Gasteiger partial charge in [-0.05, 0) is 48.2 Å². The second-order valence-electron chi connectivity index (χ2n) is 8.02. The highest BCUT2D eigenvalue weighted by Crippen LogP contribution is 2.43. The second kappa shape index (κ2) is 8.37. The van der Waals surface area contributed by atoms with E-state index in [1.165, 1.54) is 11.1 Å². The van der Waals surface area contributed by atoms with E-state index in [0.717, 1.165) is 19.6 Å². The summed E-state index contributed by atoms with van der Waals surface area (Å²) in [6.45, 7) is 6.64. The Bertz CT molecular complexity index is 893. The fraction of sp³-hybridized carbons (Fsp3) is 0.417. The van der Waals surface area contributed by atoms with E-state index in [9.17, 15) is 9.59 Å². The third-order valence-corrected chi connectivity index (χ3v) is 6.25. The number of likely N-dealkylation sites (tertiary alicyclic amines) is 1. The van der Waals surface area contributed by atoms with Crippen molar-refractivity contribution in [3.05, 3.63) is 65.2 Å². The lowest BCUT2D eigenvalue weighted by Crippen LogP contribution is -2.37. The maximum atomic E-state index is 13.1. The Kier molecular flexibility index (Phi) is 5.67. The zero-order valence-electron chi connectivity index (χ0n) is 17.1. The monoisotopic (exact) mass is 392 g/mol. The normalized spacial score (nSPS) is 23.1. The summed E-state index contributed by atoms with van der Waals surface area (Å²) in [5.41, 5.74) is 3.13. The molecule has 4 rings (SSSR count). The molecule has 0 radical (unpaired) electrons. The van der Waals surface area contributed by atoms with Gasteiger partial charge in [0.2, 0.25) is 0 Å². The van der Waals surface area contributed by atoms with Crippen LogP contribution < -0.4 is 10.1 Å². The van der Waals surface area contributed by atoms with Crippen LogP contribution in [0.2, 0.25) is 0 Å². The van der Waals surface area contributed by atoms with E-state index in [2.05, 4.69) is 30.4 Å². The number of carbonyl (C=O) groups is 2. The van der Waals surface area contributed by atoms with Crippen LogP contribution in [0.25, 0.3) is 0 Å². The minimum atomic E-state index is 0.0102. The molecule has 0 aliphatic carbocycles. The molecule has 2 aliphatic heterocycles. The van der Waals surface area contributed by atoms with Gasteiger partial charge in [-0.25, -0.2) is 0 Å². The van der Waals surface area contributed by atoms with Gasteiger partial charge >= 0.3 is 0 Å². The number of Topliss-reactive ketones (excluding diaryl/α,β-unsaturated/α-hetero) is 1. The van der Waals surface area contributed by atoms with Gasteiger partial charge in [-0.15, -0.1) is 0 Å². The number of fused-ring (bicyclic) bond motifs is 1. The van der Waals surface area contributed by atoms with Gasteiger partial charge in [-0.1, -0.05) is 31.2 Å². The number of amides is 1. The summed E-state index contributed by atoms with van der Waals surface area (Å²) in [4.78, 5) is 26.9. The van der Waals surface area contributed by atoms with Gasteiger partial charge in [0.15, 0.2) is 12.4 Å². The van der Waals surface area contributed by atoms with Gasteiger partial charge < -0.3 is 15.0 Å². The number of ether oxygens (including phenoxy) is 1. The molecule has 29 heavy (non-hydrogen) atoms. The number of hydrogen-bond donors (Lipinski definition) is 1. The van der Waals surface area contributed by atoms with E-state index in [0.29, 0.717) is 29.6 Å². The Morgan fingerprint density at radius 1 is 1.10 bits per heavy atom. The van der Waals surface area contributed by atoms with Gasteiger partial charge in [-0.2, -0.15) is 0 Å². The Labute approximate surface area is 172 Å². The van der Waals surface area contributed by atoms with Crippen LogP contribution in [-0.2, 0) is 4.79 Å². The first kappa shape index (κ1) is 19.6. The van der Waals surface area contributed by atoms with E-state index in [1.807, 2.05) is 17.9 Å². The van der Waals surface area contributed by atoms with Crippen molar-refractivity contribution >= 4 is 11.7 Å². The van der Waals surface area contributed by atoms with Crippen LogP contribution in [0, 0.1) is 18.8 Å². The molecule has 3 atom stereocenters. The van der Waals surface area contributed by atoms with Gasteiger partial charge in [-0.3, -0.25) is 9.59 Å². The first-order valence-corrected chi connectivity index (χ1v) is 10.4. The molecular weight excluding hydrogens is 364 g/mol. The van der Waals surface area contributed by atoms with Crippen LogP contribution >= 0.6 is 0 Å². The SMILES string of the molecule is CCC(=O)c1ccc(OCC(=O)N2C[C@@H]3CNC[C@@H]3[C@H]2c2ccccc2C)cc1. The number of nitrogens with zero attached hydrogens (tertiary/aromatic N) is 1. The Hall–Kier alpha value is -2.66. The van der Waals surface area contributed by atoms with Crippen molar-refractivity contribution in [2.45, 2.75) is 26.3 Å². The minimum Gasteiger partial charge on any atom is -0.484 e. The Morgan fingerprint density at radius 2 is 1.86 bits per heavy atom. The predicted molar refractivity (Wildman–Crippen MR) is 112 cm³/mol. The minimum absolute atomic E-state index is 0.0102. The summed E-state index contributed by atoms with van der Waals surface area (Å²) in [5.74, 6) is 1.66. The number of benzene rings is 2. The highest BCUT2D eigenvalue weighted by Gasteiger charge is 2.47. The lowest BCUT2D eigenvalue weighted by atomic mass is 9.87. The predicted octanol–water partition coefficient (Wildman–Crippen LogP) is 3.39. The Balaban J connectivity index is 1.47. The van der Waals surface area contributed by atoms with Crippen LogP contribution in [0.1, 0.15) is 40.9 Å². The molecule has 0 saturated carbocycles. The van der Waals surface area contributed by atoms with Crippen LogP contribution in [-0.4, -0.2) is 42.8 Å². The molecule has 1 N–H and O–H groups in total. The molecule has 2 fully saturated rings. The van der Waals surface area contributed by atoms with E-state index in [4.69, 9.17) is 4.74 Å². The van der Waals surface area contributed by atoms with Gasteiger partial charge in [0, 0.05) is 37.5 Å². The van der Waals surface area contributed by atoms with E-state index >= 15 is 0 Å². The summed E-state index contributed by atoms with van der Waals surface area (Å²) >= 11 is 0. The van der Waals surface area contributed by atoms with Crippen LogP contribution in [0.15, 0.2) is 48.5 Å². The van der Waals surface area contributed by atoms with Crippen molar-refractivity contribution in [1.29, 1.82) is 0 Å². The van der Waals surface area contributed by atoms with Crippen molar-refractivity contribution in [1.82, 2.24) is 10.2 Å². The van der Waals surface area contributed by atoms with E-state index in [1.54, 1.807) is 24.3 Å². The average molecular weight is 392 g/mol. The number of hydrogen-bond acceptors (Lipinski definition) is 4. The topological polar surface area (TPSA) is 58.6 Å². The zero-order valence-corrected chi connectivity index (χ0v) is 17.1. The quantitative estimate of drug-likeness (QED) is 0.766. The van der Waals surface area contributed by atoms with Gasteiger partial charge in [0.25, 0.3) is 5.91 Å². The smallest absolute Gasteiger partial charge is 0.261 e. The number of aryl methyl sites for hydroxylation is 1. The molecule has 2 heterocycles. The van der Waals surface area contributed by atoms with Crippen molar-refractivity contribution in [3.63, 3.8) is 0 Å². The number of carbonyl (C=O) groups excluding carboxylic acids is 2. The van der Waals surface area contributed by atoms with Crippen molar-refractivity contribution in [2.24, 2.45) is 11.8 Å². The van der Waals surface area contributed by atoms with E-state index < -0.39 is 0 Å². The van der Waals surface area contributed by atoms with Crippen molar-refractivity contribution in [3.8, 4) is 5.75 Å². The maximum Gasteiger partial charge on any atom is 0.261 e. The first-order valence-electron chi connectivity index (χ1n) is 10.4. The van der Waals surface area contributed by atoms with Gasteiger partial charge in [0.1, 0.15) is 5.75 Å². The summed E-state index contributed by atoms with van der Waals surface area (Å²) in [6.07, 6.45) is 0.477. The lowest BCUT2D eigenvalue weighted by molar-refractivity contribution is -0.134. The molecular formula is C24H28N2O3. The molecule has 0 unspecified atom stereocenters. The molecule has 0 spiro atoms. The standard InChI is InChI=1S/C24H28N2O3/c1-3-22(27)17-8-10-19(11-9-17)29-15-23(28)26-14-18-12-25-13-21(18)24(26)20-7-5-4-6-16(20)2/h4-11,18,21,24-25H,3,12-15H2,1-2H3/t18-,21-,24+/m0/s1. The molecule has 1 amide bonds. The highest BCUT2D eigenvalue weighted by molar-refractivity contribution is 5.95. The molecule has 2 aromatic carbocycles. The fourth-order valence-electron chi connectivity index (χ4n) is 4.66. The third kappa shape index (κ3) is 3.92. The molecule has 0 bridgehead atoms.